The van der Waals surface area contributed by atoms with Gasteiger partial charge in [0.15, 0.2) is 0 Å². The van der Waals surface area contributed by atoms with Crippen LogP contribution in [0.3, 0.4) is 0 Å². The summed E-state index contributed by atoms with van der Waals surface area (Å²) < 4.78 is 0. The van der Waals surface area contributed by atoms with Crippen molar-refractivity contribution in [3.63, 3.8) is 0 Å². The van der Waals surface area contributed by atoms with Gasteiger partial charge in [-0.2, -0.15) is 0 Å². The Balaban J connectivity index is 4.09. The summed E-state index contributed by atoms with van der Waals surface area (Å²) in [5.41, 5.74) is 5.61. The molecule has 0 aromatic heterocycles. The zero-order valence-corrected chi connectivity index (χ0v) is 6.68. The molecule has 0 saturated carbocycles. The fraction of sp³-hybridized carbons (Fsp3) is 0.286. The number of amidine groups is 2. The molecule has 0 aliphatic heterocycles. The van der Waals surface area contributed by atoms with E-state index < -0.39 is 0 Å². The molecule has 0 amide bonds. The van der Waals surface area contributed by atoms with E-state index in [1.807, 2.05) is 0 Å². The fourth-order valence-corrected chi connectivity index (χ4v) is 0.431. The number of allylic oxidation sites excluding steroid dienone is 1. The van der Waals surface area contributed by atoms with Crippen LogP contribution in [-0.4, -0.2) is 17.4 Å². The number of hydrogen-bond donors (Lipinski definition) is 3. The molecular formula is C7H12N4. The van der Waals surface area contributed by atoms with Crippen molar-refractivity contribution in [2.75, 3.05) is 0 Å². The Morgan fingerprint density at radius 3 is 2.18 bits per heavy atom. The van der Waals surface area contributed by atoms with E-state index in [1.165, 1.54) is 12.2 Å². The van der Waals surface area contributed by atoms with E-state index in [0.29, 0.717) is 11.5 Å². The molecule has 60 valence electrons. The van der Waals surface area contributed by atoms with Gasteiger partial charge in [-0.3, -0.25) is 5.41 Å². The Hall–Kier alpha value is -1.45. The van der Waals surface area contributed by atoms with E-state index in [0.717, 1.165) is 0 Å². The summed E-state index contributed by atoms with van der Waals surface area (Å²) in [7, 11) is 0. The van der Waals surface area contributed by atoms with Crippen molar-refractivity contribution >= 4 is 17.4 Å². The van der Waals surface area contributed by atoms with E-state index in [2.05, 4.69) is 4.99 Å². The average Bonchev–Trinajstić information content (AvgIpc) is 1.82. The number of nitrogens with zero attached hydrogens (tertiary/aromatic N) is 1. The van der Waals surface area contributed by atoms with Gasteiger partial charge in [0.2, 0.25) is 0 Å². The maximum atomic E-state index is 7.16. The summed E-state index contributed by atoms with van der Waals surface area (Å²) in [5.74, 6) is 0.416. The highest BCUT2D eigenvalue weighted by molar-refractivity contribution is 6.03. The highest BCUT2D eigenvalue weighted by Crippen LogP contribution is 1.82. The van der Waals surface area contributed by atoms with Gasteiger partial charge in [0.05, 0.1) is 5.84 Å². The van der Waals surface area contributed by atoms with Crippen molar-refractivity contribution in [2.24, 2.45) is 10.7 Å². The lowest BCUT2D eigenvalue weighted by atomic mass is 10.3. The lowest BCUT2D eigenvalue weighted by Crippen LogP contribution is -2.07. The molecule has 4 heteroatoms. The molecule has 0 radical (unpaired) electrons. The Labute approximate surface area is 65.8 Å². The van der Waals surface area contributed by atoms with Crippen molar-refractivity contribution in [3.05, 3.63) is 12.2 Å². The van der Waals surface area contributed by atoms with Crippen molar-refractivity contribution in [2.45, 2.75) is 13.8 Å². The number of nitrogens with one attached hydrogen (secondary N) is 2. The zero-order chi connectivity index (χ0) is 8.85. The number of rotatable bonds is 2. The first kappa shape index (κ1) is 9.55. The second-order valence-corrected chi connectivity index (χ2v) is 2.15. The minimum Gasteiger partial charge on any atom is -0.387 e. The second-order valence-electron chi connectivity index (χ2n) is 2.15. The maximum Gasteiger partial charge on any atom is 0.146 e. The van der Waals surface area contributed by atoms with E-state index in [4.69, 9.17) is 16.6 Å². The monoisotopic (exact) mass is 152 g/mol. The van der Waals surface area contributed by atoms with Gasteiger partial charge in [0, 0.05) is 5.71 Å². The van der Waals surface area contributed by atoms with Gasteiger partial charge in [-0.25, -0.2) is 4.99 Å². The van der Waals surface area contributed by atoms with Crippen molar-refractivity contribution < 1.29 is 0 Å². The van der Waals surface area contributed by atoms with Crippen LogP contribution < -0.4 is 5.73 Å². The average molecular weight is 152 g/mol. The number of nitrogens with two attached hydrogens (primary N) is 1. The molecule has 4 N–H and O–H groups in total. The zero-order valence-electron chi connectivity index (χ0n) is 6.68. The van der Waals surface area contributed by atoms with Gasteiger partial charge in [-0.1, -0.05) is 0 Å². The molecule has 0 unspecified atom stereocenters. The summed E-state index contributed by atoms with van der Waals surface area (Å²) in [4.78, 5) is 3.64. The quantitative estimate of drug-likeness (QED) is 0.399. The molecule has 0 aliphatic carbocycles. The first-order valence-corrected chi connectivity index (χ1v) is 3.15. The Kier molecular flexibility index (Phi) is 3.80. The molecule has 0 rings (SSSR count). The first-order valence-electron chi connectivity index (χ1n) is 3.15. The van der Waals surface area contributed by atoms with Crippen LogP contribution in [0.1, 0.15) is 13.8 Å². The highest BCUT2D eigenvalue weighted by Gasteiger charge is 1.85. The van der Waals surface area contributed by atoms with Crippen LogP contribution in [0.5, 0.6) is 0 Å². The Morgan fingerprint density at radius 2 is 1.82 bits per heavy atom. The number of hydrogen-bond acceptors (Lipinski definition) is 2. The number of aliphatic imine (C=N–C) groups is 1. The van der Waals surface area contributed by atoms with E-state index in [9.17, 15) is 0 Å². The Morgan fingerprint density at radius 1 is 1.27 bits per heavy atom. The molecule has 0 atom stereocenters. The summed E-state index contributed by atoms with van der Waals surface area (Å²) >= 11 is 0. The molecular weight excluding hydrogens is 140 g/mol. The predicted molar refractivity (Wildman–Crippen MR) is 47.6 cm³/mol. The van der Waals surface area contributed by atoms with Crippen molar-refractivity contribution in [1.82, 2.24) is 0 Å². The predicted octanol–water partition coefficient (Wildman–Crippen LogP) is 0.937. The second kappa shape index (κ2) is 4.38. The lowest BCUT2D eigenvalue weighted by molar-refractivity contribution is 1.42. The molecule has 0 aromatic rings. The van der Waals surface area contributed by atoms with Gasteiger partial charge in [-0.05, 0) is 26.0 Å². The van der Waals surface area contributed by atoms with Crippen LogP contribution in [0.4, 0.5) is 0 Å². The normalized spacial score (nSPS) is 12.0. The van der Waals surface area contributed by atoms with Gasteiger partial charge < -0.3 is 11.1 Å². The van der Waals surface area contributed by atoms with Gasteiger partial charge in [0.25, 0.3) is 0 Å². The van der Waals surface area contributed by atoms with Gasteiger partial charge in [0.1, 0.15) is 5.84 Å². The minimum absolute atomic E-state index is 0.0663. The minimum atomic E-state index is 0.0663. The maximum absolute atomic E-state index is 7.16. The van der Waals surface area contributed by atoms with E-state index in [-0.39, 0.29) is 5.84 Å². The Bertz CT molecular complexity index is 221. The summed E-state index contributed by atoms with van der Waals surface area (Å²) in [6.07, 6.45) is 2.92. The fourth-order valence-electron chi connectivity index (χ4n) is 0.431. The van der Waals surface area contributed by atoms with Crippen LogP contribution in [0.2, 0.25) is 0 Å². The van der Waals surface area contributed by atoms with Crippen LogP contribution in [-0.2, 0) is 0 Å². The van der Waals surface area contributed by atoms with Gasteiger partial charge >= 0.3 is 0 Å². The molecule has 0 saturated heterocycles. The lowest BCUT2D eigenvalue weighted by Gasteiger charge is -1.89. The molecule has 4 nitrogen and oxygen atoms in total. The van der Waals surface area contributed by atoms with E-state index >= 15 is 0 Å². The van der Waals surface area contributed by atoms with E-state index in [1.54, 1.807) is 13.8 Å². The molecule has 0 aromatic carbocycles. The SMILES string of the molecule is CC(=N)/C=C\C(=N)N=C(C)N. The van der Waals surface area contributed by atoms with Crippen LogP contribution in [0.15, 0.2) is 17.1 Å². The molecule has 0 heterocycles. The molecule has 11 heavy (non-hydrogen) atoms. The summed E-state index contributed by atoms with van der Waals surface area (Å²) in [6.45, 7) is 3.24. The standard InChI is InChI=1S/C7H12N4/c1-5(8)3-4-7(10)11-6(2)9/h3-4,8H,1-2H3,(H3,9,10,11)/b4-3-,8-5?. The van der Waals surface area contributed by atoms with Crippen molar-refractivity contribution in [1.29, 1.82) is 10.8 Å². The van der Waals surface area contributed by atoms with Crippen LogP contribution in [0.25, 0.3) is 0 Å². The molecule has 0 bridgehead atoms. The third-order valence-corrected chi connectivity index (χ3v) is 0.788. The topological polar surface area (TPSA) is 86.1 Å². The third-order valence-electron chi connectivity index (χ3n) is 0.788. The largest absolute Gasteiger partial charge is 0.387 e. The highest BCUT2D eigenvalue weighted by atomic mass is 14.9. The summed E-state index contributed by atoms with van der Waals surface area (Å²) in [5, 5.41) is 14.2. The van der Waals surface area contributed by atoms with Crippen LogP contribution >= 0.6 is 0 Å². The molecule has 0 aliphatic rings. The first-order chi connectivity index (χ1) is 5.02. The molecule has 0 fully saturated rings. The van der Waals surface area contributed by atoms with Crippen molar-refractivity contribution in [3.8, 4) is 0 Å². The molecule has 0 spiro atoms. The third kappa shape index (κ3) is 6.44. The smallest absolute Gasteiger partial charge is 0.146 e. The summed E-state index contributed by atoms with van der Waals surface area (Å²) in [6, 6.07) is 0. The van der Waals surface area contributed by atoms with Crippen LogP contribution in [0, 0.1) is 10.8 Å². The van der Waals surface area contributed by atoms with Gasteiger partial charge in [-0.15, -0.1) is 0 Å².